The highest BCUT2D eigenvalue weighted by Gasteiger charge is 2.18. The molecular weight excluding hydrogens is 324 g/mol. The van der Waals surface area contributed by atoms with Crippen molar-refractivity contribution in [1.29, 1.82) is 0 Å². The fourth-order valence-electron chi connectivity index (χ4n) is 3.34. The molecule has 26 heavy (non-hydrogen) atoms. The zero-order valence-corrected chi connectivity index (χ0v) is 15.6. The summed E-state index contributed by atoms with van der Waals surface area (Å²) in [6.45, 7) is 4.61. The van der Waals surface area contributed by atoms with Gasteiger partial charge in [0.05, 0.1) is 0 Å². The summed E-state index contributed by atoms with van der Waals surface area (Å²) in [7, 11) is 1.92. The molecule has 2 heterocycles. The van der Waals surface area contributed by atoms with E-state index in [9.17, 15) is 4.79 Å². The molecular formula is C21H28N4O. The number of aryl methyl sites for hydroxylation is 2. The van der Waals surface area contributed by atoms with Crippen LogP contribution in [-0.2, 0) is 18.3 Å². The van der Waals surface area contributed by atoms with Crippen molar-refractivity contribution < 1.29 is 4.79 Å². The molecule has 1 saturated heterocycles. The van der Waals surface area contributed by atoms with Crippen LogP contribution in [0.15, 0.2) is 48.7 Å². The van der Waals surface area contributed by atoms with Crippen LogP contribution in [0, 0.1) is 0 Å². The predicted molar refractivity (Wildman–Crippen MR) is 105 cm³/mol. The highest BCUT2D eigenvalue weighted by molar-refractivity contribution is 5.76. The highest BCUT2D eigenvalue weighted by Crippen LogP contribution is 2.09. The Labute approximate surface area is 155 Å². The molecule has 0 bridgehead atoms. The summed E-state index contributed by atoms with van der Waals surface area (Å²) in [4.78, 5) is 17.0. The van der Waals surface area contributed by atoms with Gasteiger partial charge in [-0.15, -0.1) is 0 Å². The lowest BCUT2D eigenvalue weighted by Crippen LogP contribution is -2.35. The average molecular weight is 352 g/mol. The van der Waals surface area contributed by atoms with Crippen LogP contribution in [0.5, 0.6) is 0 Å². The van der Waals surface area contributed by atoms with Crippen LogP contribution in [0.4, 0.5) is 0 Å². The van der Waals surface area contributed by atoms with Gasteiger partial charge in [0.2, 0.25) is 5.91 Å². The van der Waals surface area contributed by atoms with Gasteiger partial charge in [0, 0.05) is 58.1 Å². The lowest BCUT2D eigenvalue weighted by atomic mass is 10.2. The van der Waals surface area contributed by atoms with E-state index >= 15 is 0 Å². The third kappa shape index (κ3) is 5.30. The summed E-state index contributed by atoms with van der Waals surface area (Å²) in [5.74, 6) is 0.257. The molecule has 1 aromatic carbocycles. The second kappa shape index (κ2) is 9.34. The van der Waals surface area contributed by atoms with E-state index in [1.54, 1.807) is 6.20 Å². The first-order valence-electron chi connectivity index (χ1n) is 9.41. The molecule has 1 amide bonds. The molecule has 0 radical (unpaired) electrons. The van der Waals surface area contributed by atoms with E-state index in [1.807, 2.05) is 28.8 Å². The molecule has 138 valence electrons. The van der Waals surface area contributed by atoms with Crippen molar-refractivity contribution in [3.05, 3.63) is 59.9 Å². The molecule has 1 fully saturated rings. The maximum atomic E-state index is 12.5. The van der Waals surface area contributed by atoms with Crippen molar-refractivity contribution >= 4 is 12.0 Å². The molecule has 0 N–H and O–H groups in total. The van der Waals surface area contributed by atoms with E-state index in [4.69, 9.17) is 0 Å². The molecule has 0 atom stereocenters. The number of hydrogen-bond acceptors (Lipinski definition) is 3. The van der Waals surface area contributed by atoms with Crippen molar-refractivity contribution in [1.82, 2.24) is 19.6 Å². The van der Waals surface area contributed by atoms with Crippen molar-refractivity contribution in [3.63, 3.8) is 0 Å². The van der Waals surface area contributed by atoms with Gasteiger partial charge < -0.3 is 4.90 Å². The van der Waals surface area contributed by atoms with Crippen molar-refractivity contribution in [2.24, 2.45) is 7.05 Å². The van der Waals surface area contributed by atoms with E-state index < -0.39 is 0 Å². The summed E-state index contributed by atoms with van der Waals surface area (Å²) in [5, 5.41) is 4.16. The van der Waals surface area contributed by atoms with Gasteiger partial charge in [-0.2, -0.15) is 5.10 Å². The van der Waals surface area contributed by atoms with Crippen LogP contribution >= 0.6 is 0 Å². The molecule has 3 rings (SSSR count). The summed E-state index contributed by atoms with van der Waals surface area (Å²) in [6, 6.07) is 12.4. The van der Waals surface area contributed by atoms with Crippen LogP contribution in [0.1, 0.15) is 24.1 Å². The minimum atomic E-state index is 0.257. The van der Waals surface area contributed by atoms with Gasteiger partial charge in [-0.1, -0.05) is 42.5 Å². The molecule has 0 spiro atoms. The molecule has 0 aliphatic carbocycles. The van der Waals surface area contributed by atoms with E-state index in [0.717, 1.165) is 51.3 Å². The molecule has 2 aromatic rings. The van der Waals surface area contributed by atoms with Crippen molar-refractivity contribution in [3.8, 4) is 0 Å². The van der Waals surface area contributed by atoms with E-state index in [-0.39, 0.29) is 5.91 Å². The Morgan fingerprint density at radius 2 is 1.96 bits per heavy atom. The Kier molecular flexibility index (Phi) is 6.61. The fraction of sp³-hybridized carbons (Fsp3) is 0.429. The van der Waals surface area contributed by atoms with Gasteiger partial charge >= 0.3 is 0 Å². The third-order valence-corrected chi connectivity index (χ3v) is 4.93. The third-order valence-electron chi connectivity index (χ3n) is 4.93. The molecule has 5 heteroatoms. The lowest BCUT2D eigenvalue weighted by Gasteiger charge is -2.21. The van der Waals surface area contributed by atoms with Gasteiger partial charge in [-0.3, -0.25) is 14.4 Å². The van der Waals surface area contributed by atoms with Crippen LogP contribution in [0.2, 0.25) is 0 Å². The number of nitrogens with zero attached hydrogens (tertiary/aromatic N) is 4. The Morgan fingerprint density at radius 3 is 2.73 bits per heavy atom. The number of carbonyl (C=O) groups excluding carboxylic acids is 1. The number of carbonyl (C=O) groups is 1. The Balaban J connectivity index is 1.43. The standard InChI is InChI=1S/C21H28N4O/c1-23-20(12-13-22-23)10-11-21(26)25-16-6-15-24(17-18-25)14-5-9-19-7-3-2-4-8-19/h2-5,7-9,12-13H,6,10-11,14-18H2,1H3. The Morgan fingerprint density at radius 1 is 1.12 bits per heavy atom. The molecule has 0 saturated carbocycles. The number of benzene rings is 1. The number of aromatic nitrogens is 2. The lowest BCUT2D eigenvalue weighted by molar-refractivity contribution is -0.131. The number of hydrogen-bond donors (Lipinski definition) is 0. The van der Waals surface area contributed by atoms with E-state index in [0.29, 0.717) is 6.42 Å². The molecule has 1 aliphatic heterocycles. The maximum absolute atomic E-state index is 12.5. The van der Waals surface area contributed by atoms with Crippen molar-refractivity contribution in [2.75, 3.05) is 32.7 Å². The van der Waals surface area contributed by atoms with Crippen LogP contribution < -0.4 is 0 Å². The smallest absolute Gasteiger partial charge is 0.223 e. The van der Waals surface area contributed by atoms with E-state index in [2.05, 4.69) is 46.4 Å². The fourth-order valence-corrected chi connectivity index (χ4v) is 3.34. The average Bonchev–Trinajstić information content (AvgIpc) is 2.92. The maximum Gasteiger partial charge on any atom is 0.223 e. The van der Waals surface area contributed by atoms with Gasteiger partial charge in [0.15, 0.2) is 0 Å². The summed E-state index contributed by atoms with van der Waals surface area (Å²) in [5.41, 5.74) is 2.34. The first-order valence-corrected chi connectivity index (χ1v) is 9.41. The Hall–Kier alpha value is -2.40. The summed E-state index contributed by atoms with van der Waals surface area (Å²) < 4.78 is 1.84. The quantitative estimate of drug-likeness (QED) is 0.802. The van der Waals surface area contributed by atoms with Crippen molar-refractivity contribution in [2.45, 2.75) is 19.3 Å². The van der Waals surface area contributed by atoms with Crippen LogP contribution in [0.25, 0.3) is 6.08 Å². The number of rotatable bonds is 6. The first kappa shape index (κ1) is 18.4. The second-order valence-electron chi connectivity index (χ2n) is 6.79. The van der Waals surface area contributed by atoms with E-state index in [1.165, 1.54) is 5.56 Å². The topological polar surface area (TPSA) is 41.4 Å². The highest BCUT2D eigenvalue weighted by atomic mass is 16.2. The second-order valence-corrected chi connectivity index (χ2v) is 6.79. The van der Waals surface area contributed by atoms with Gasteiger partial charge in [-0.05, 0) is 24.5 Å². The molecule has 1 aromatic heterocycles. The molecule has 5 nitrogen and oxygen atoms in total. The minimum Gasteiger partial charge on any atom is -0.341 e. The Bertz CT molecular complexity index is 723. The zero-order valence-electron chi connectivity index (χ0n) is 15.6. The monoisotopic (exact) mass is 352 g/mol. The summed E-state index contributed by atoms with van der Waals surface area (Å²) >= 11 is 0. The zero-order chi connectivity index (χ0) is 18.2. The normalized spacial score (nSPS) is 16.1. The predicted octanol–water partition coefficient (Wildman–Crippen LogP) is 2.60. The minimum absolute atomic E-state index is 0.257. The summed E-state index contributed by atoms with van der Waals surface area (Å²) in [6.07, 6.45) is 8.53. The van der Waals surface area contributed by atoms with Gasteiger partial charge in [0.25, 0.3) is 0 Å². The van der Waals surface area contributed by atoms with Gasteiger partial charge in [-0.25, -0.2) is 0 Å². The van der Waals surface area contributed by atoms with Crippen LogP contribution in [0.3, 0.4) is 0 Å². The molecule has 1 aliphatic rings. The SMILES string of the molecule is Cn1nccc1CCC(=O)N1CCCN(CC=Cc2ccccc2)CC1. The van der Waals surface area contributed by atoms with Gasteiger partial charge in [0.1, 0.15) is 0 Å². The first-order chi connectivity index (χ1) is 12.7. The molecule has 0 unspecified atom stereocenters. The number of amides is 1. The largest absolute Gasteiger partial charge is 0.341 e. The van der Waals surface area contributed by atoms with Crippen LogP contribution in [-0.4, -0.2) is 58.2 Å².